The second-order valence-electron chi connectivity index (χ2n) is 8.53. The van der Waals surface area contributed by atoms with Gasteiger partial charge in [0.1, 0.15) is 17.9 Å². The third-order valence-electron chi connectivity index (χ3n) is 6.30. The summed E-state index contributed by atoms with van der Waals surface area (Å²) in [6, 6.07) is 2.02. The van der Waals surface area contributed by atoms with Crippen LogP contribution < -0.4 is 10.9 Å². The highest BCUT2D eigenvalue weighted by molar-refractivity contribution is 5.76. The van der Waals surface area contributed by atoms with Crippen molar-refractivity contribution in [3.05, 3.63) is 27.9 Å². The minimum atomic E-state index is -0.277. The fourth-order valence-corrected chi connectivity index (χ4v) is 4.56. The van der Waals surface area contributed by atoms with Crippen LogP contribution in [0.5, 0.6) is 0 Å². The molecule has 9 nitrogen and oxygen atoms in total. The number of aryl methyl sites for hydroxylation is 1. The largest absolute Gasteiger partial charge is 0.378 e. The number of ether oxygens (including phenoxy) is 1. The molecule has 2 atom stereocenters. The number of nitrogens with one attached hydrogen (secondary N) is 1. The third-order valence-corrected chi connectivity index (χ3v) is 6.30. The second kappa shape index (κ2) is 7.53. The number of rotatable bonds is 5. The van der Waals surface area contributed by atoms with E-state index in [1.54, 1.807) is 4.52 Å². The highest BCUT2D eigenvalue weighted by Gasteiger charge is 2.34. The van der Waals surface area contributed by atoms with Crippen molar-refractivity contribution in [2.75, 3.05) is 26.3 Å². The Labute approximate surface area is 169 Å². The number of carbonyl (C=O) groups is 1. The number of piperidine rings is 1. The van der Waals surface area contributed by atoms with Gasteiger partial charge in [0.2, 0.25) is 5.91 Å². The maximum Gasteiger partial charge on any atom is 0.293 e. The van der Waals surface area contributed by atoms with Gasteiger partial charge in [-0.3, -0.25) is 14.5 Å². The molecule has 1 aliphatic carbocycles. The van der Waals surface area contributed by atoms with E-state index in [1.807, 2.05) is 13.0 Å². The number of hydrogen-bond donors (Lipinski definition) is 1. The van der Waals surface area contributed by atoms with Gasteiger partial charge in [0.25, 0.3) is 5.56 Å². The van der Waals surface area contributed by atoms with E-state index in [0.717, 1.165) is 31.6 Å². The summed E-state index contributed by atoms with van der Waals surface area (Å²) in [5, 5.41) is 11.9. The number of hydrogen-bond acceptors (Lipinski definition) is 6. The van der Waals surface area contributed by atoms with Crippen LogP contribution in [0.4, 0.5) is 0 Å². The Kier molecular flexibility index (Phi) is 4.87. The average Bonchev–Trinajstić information content (AvgIpc) is 3.30. The Morgan fingerprint density at radius 3 is 2.76 bits per heavy atom. The maximum atomic E-state index is 12.8. The van der Waals surface area contributed by atoms with Gasteiger partial charge < -0.3 is 10.1 Å². The molecule has 9 heteroatoms. The first-order valence-electron chi connectivity index (χ1n) is 10.7. The predicted molar refractivity (Wildman–Crippen MR) is 106 cm³/mol. The molecule has 2 saturated heterocycles. The van der Waals surface area contributed by atoms with Crippen LogP contribution in [0.1, 0.15) is 49.5 Å². The zero-order chi connectivity index (χ0) is 20.0. The Morgan fingerprint density at radius 1 is 1.21 bits per heavy atom. The van der Waals surface area contributed by atoms with Crippen molar-refractivity contribution in [1.29, 1.82) is 0 Å². The standard InChI is InChI=1S/C20H28N6O3/c1-13-22-25(20(28)17-9-15(14-5-6-14)23-26(13)17)10-19(27)21-16-11-29-12-18(16)24-7-3-2-4-8-24/h9,14,16,18H,2-8,10-12H2,1H3,(H,21,27)/t16-,18-/m1/s1. The lowest BCUT2D eigenvalue weighted by Crippen LogP contribution is -2.53. The summed E-state index contributed by atoms with van der Waals surface area (Å²) in [6.45, 7) is 4.99. The van der Waals surface area contributed by atoms with Crippen molar-refractivity contribution in [2.45, 2.75) is 63.6 Å². The van der Waals surface area contributed by atoms with Crippen molar-refractivity contribution >= 4 is 11.4 Å². The lowest BCUT2D eigenvalue weighted by molar-refractivity contribution is -0.123. The molecule has 2 aromatic heterocycles. The fraction of sp³-hybridized carbons (Fsp3) is 0.700. The number of carbonyl (C=O) groups excluding carboxylic acids is 1. The van der Waals surface area contributed by atoms with Gasteiger partial charge in [-0.25, -0.2) is 9.20 Å². The lowest BCUT2D eigenvalue weighted by Gasteiger charge is -2.34. The molecule has 2 aromatic rings. The molecule has 0 bridgehead atoms. The first-order valence-corrected chi connectivity index (χ1v) is 10.7. The van der Waals surface area contributed by atoms with E-state index in [1.165, 1.54) is 23.9 Å². The molecule has 29 heavy (non-hydrogen) atoms. The first kappa shape index (κ1) is 18.7. The Morgan fingerprint density at radius 2 is 2.00 bits per heavy atom. The van der Waals surface area contributed by atoms with Gasteiger partial charge in [-0.2, -0.15) is 10.2 Å². The third kappa shape index (κ3) is 3.69. The zero-order valence-electron chi connectivity index (χ0n) is 16.8. The van der Waals surface area contributed by atoms with Crippen LogP contribution in [0.3, 0.4) is 0 Å². The summed E-state index contributed by atoms with van der Waals surface area (Å²) < 4.78 is 8.51. The van der Waals surface area contributed by atoms with Gasteiger partial charge in [-0.05, 0) is 51.8 Å². The highest BCUT2D eigenvalue weighted by Crippen LogP contribution is 2.39. The van der Waals surface area contributed by atoms with Crippen molar-refractivity contribution < 1.29 is 9.53 Å². The average molecular weight is 400 g/mol. The summed E-state index contributed by atoms with van der Waals surface area (Å²) in [5.74, 6) is 0.858. The van der Waals surface area contributed by atoms with E-state index in [0.29, 0.717) is 30.5 Å². The van der Waals surface area contributed by atoms with Crippen LogP contribution in [0, 0.1) is 6.92 Å². The van der Waals surface area contributed by atoms with E-state index in [9.17, 15) is 9.59 Å². The molecule has 2 aliphatic heterocycles. The molecular formula is C20H28N6O3. The van der Waals surface area contributed by atoms with Crippen LogP contribution in [-0.2, 0) is 16.1 Å². The molecule has 0 aromatic carbocycles. The molecule has 1 N–H and O–H groups in total. The minimum Gasteiger partial charge on any atom is -0.378 e. The monoisotopic (exact) mass is 400 g/mol. The fourth-order valence-electron chi connectivity index (χ4n) is 4.56. The highest BCUT2D eigenvalue weighted by atomic mass is 16.5. The minimum absolute atomic E-state index is 0.0439. The van der Waals surface area contributed by atoms with Crippen molar-refractivity contribution in [1.82, 2.24) is 29.6 Å². The molecule has 0 spiro atoms. The Hall–Kier alpha value is -2.26. The van der Waals surface area contributed by atoms with E-state index < -0.39 is 0 Å². The Bertz CT molecular complexity index is 972. The van der Waals surface area contributed by atoms with E-state index in [4.69, 9.17) is 4.74 Å². The first-order chi connectivity index (χ1) is 14.1. The lowest BCUT2D eigenvalue weighted by atomic mass is 10.0. The van der Waals surface area contributed by atoms with Gasteiger partial charge in [0, 0.05) is 5.92 Å². The van der Waals surface area contributed by atoms with Crippen LogP contribution in [-0.4, -0.2) is 68.6 Å². The van der Waals surface area contributed by atoms with Crippen molar-refractivity contribution in [3.63, 3.8) is 0 Å². The molecule has 3 aliphatic rings. The molecule has 1 saturated carbocycles. The SMILES string of the molecule is Cc1nn(CC(=O)N[C@@H]2COC[C@H]2N2CCCCC2)c(=O)c2cc(C3CC3)nn12. The number of amides is 1. The van der Waals surface area contributed by atoms with Gasteiger partial charge >= 0.3 is 0 Å². The summed E-state index contributed by atoms with van der Waals surface area (Å²) in [4.78, 5) is 28.0. The number of nitrogens with zero attached hydrogens (tertiary/aromatic N) is 5. The molecule has 4 heterocycles. The van der Waals surface area contributed by atoms with Crippen LogP contribution in [0.15, 0.2) is 10.9 Å². The summed E-state index contributed by atoms with van der Waals surface area (Å²) in [5.41, 5.74) is 1.16. The normalized spacial score (nSPS) is 25.6. The van der Waals surface area contributed by atoms with E-state index >= 15 is 0 Å². The molecule has 0 radical (unpaired) electrons. The number of fused-ring (bicyclic) bond motifs is 1. The maximum absolute atomic E-state index is 12.8. The van der Waals surface area contributed by atoms with Gasteiger partial charge in [-0.1, -0.05) is 6.42 Å². The van der Waals surface area contributed by atoms with Crippen molar-refractivity contribution in [3.8, 4) is 0 Å². The van der Waals surface area contributed by atoms with Crippen molar-refractivity contribution in [2.24, 2.45) is 0 Å². The molecule has 1 amide bonds. The second-order valence-corrected chi connectivity index (χ2v) is 8.53. The van der Waals surface area contributed by atoms with Crippen LogP contribution in [0.2, 0.25) is 0 Å². The van der Waals surface area contributed by atoms with E-state index in [-0.39, 0.29) is 30.1 Å². The predicted octanol–water partition coefficient (Wildman–Crippen LogP) is 0.446. The topological polar surface area (TPSA) is 93.8 Å². The molecular weight excluding hydrogens is 372 g/mol. The quantitative estimate of drug-likeness (QED) is 0.783. The molecule has 5 rings (SSSR count). The summed E-state index contributed by atoms with van der Waals surface area (Å²) in [7, 11) is 0. The van der Waals surface area contributed by atoms with Gasteiger partial charge in [-0.15, -0.1) is 0 Å². The zero-order valence-corrected chi connectivity index (χ0v) is 16.8. The molecule has 3 fully saturated rings. The van der Waals surface area contributed by atoms with Gasteiger partial charge in [0.05, 0.1) is 31.0 Å². The number of likely N-dealkylation sites (tertiary alicyclic amines) is 1. The number of aromatic nitrogens is 4. The van der Waals surface area contributed by atoms with E-state index in [2.05, 4.69) is 20.4 Å². The van der Waals surface area contributed by atoms with Crippen LogP contribution in [0.25, 0.3) is 5.52 Å². The Balaban J connectivity index is 1.30. The molecule has 156 valence electrons. The smallest absolute Gasteiger partial charge is 0.293 e. The van der Waals surface area contributed by atoms with Crippen LogP contribution >= 0.6 is 0 Å². The summed E-state index contributed by atoms with van der Waals surface area (Å²) in [6.07, 6.45) is 5.91. The van der Waals surface area contributed by atoms with Gasteiger partial charge in [0.15, 0.2) is 0 Å². The summed E-state index contributed by atoms with van der Waals surface area (Å²) >= 11 is 0. The molecule has 0 unspecified atom stereocenters.